The van der Waals surface area contributed by atoms with E-state index < -0.39 is 0 Å². The number of ether oxygens (including phenoxy) is 2. The van der Waals surface area contributed by atoms with Gasteiger partial charge in [-0.2, -0.15) is 0 Å². The Morgan fingerprint density at radius 2 is 2.50 bits per heavy atom. The third-order valence-electron chi connectivity index (χ3n) is 3.32. The molecule has 0 bridgehead atoms. The van der Waals surface area contributed by atoms with Gasteiger partial charge in [0.05, 0.1) is 19.3 Å². The molecule has 1 unspecified atom stereocenters. The van der Waals surface area contributed by atoms with Crippen LogP contribution in [0.4, 0.5) is 0 Å². The lowest BCUT2D eigenvalue weighted by molar-refractivity contribution is 0.184. The lowest BCUT2D eigenvalue weighted by Gasteiger charge is -2.14. The van der Waals surface area contributed by atoms with Crippen LogP contribution >= 0.6 is 0 Å². The first kappa shape index (κ1) is 11.6. The summed E-state index contributed by atoms with van der Waals surface area (Å²) in [6.07, 6.45) is 3.65. The van der Waals surface area contributed by atoms with Crippen LogP contribution in [0.2, 0.25) is 0 Å². The molecule has 0 aliphatic carbocycles. The zero-order valence-electron chi connectivity index (χ0n) is 10.5. The van der Waals surface area contributed by atoms with Gasteiger partial charge in [0.15, 0.2) is 5.65 Å². The molecule has 0 aromatic carbocycles. The molecule has 0 radical (unpaired) electrons. The lowest BCUT2D eigenvalue weighted by atomic mass is 10.2. The molecule has 1 aliphatic rings. The molecule has 96 valence electrons. The van der Waals surface area contributed by atoms with Crippen molar-refractivity contribution in [2.75, 3.05) is 26.9 Å². The van der Waals surface area contributed by atoms with Gasteiger partial charge in [-0.15, -0.1) is 0 Å². The van der Waals surface area contributed by atoms with Crippen LogP contribution in [0.1, 0.15) is 18.3 Å². The summed E-state index contributed by atoms with van der Waals surface area (Å²) in [7, 11) is 1.71. The average Bonchev–Trinajstić information content (AvgIpc) is 3.02. The van der Waals surface area contributed by atoms with E-state index in [1.807, 2.05) is 18.3 Å². The van der Waals surface area contributed by atoms with Crippen LogP contribution in [0.15, 0.2) is 18.3 Å². The Kier molecular flexibility index (Phi) is 3.25. The Balaban J connectivity index is 2.05. The molecule has 0 amide bonds. The topological polar surface area (TPSA) is 49.2 Å². The summed E-state index contributed by atoms with van der Waals surface area (Å²) in [5.41, 5.74) is 1.91. The summed E-state index contributed by atoms with van der Waals surface area (Å²) in [4.78, 5) is 9.12. The minimum Gasteiger partial charge on any atom is -0.384 e. The summed E-state index contributed by atoms with van der Waals surface area (Å²) in [5.74, 6) is 1.04. The molecule has 5 heteroatoms. The van der Waals surface area contributed by atoms with Gasteiger partial charge < -0.3 is 14.0 Å². The monoisotopic (exact) mass is 247 g/mol. The molecule has 3 rings (SSSR count). The molecule has 5 nitrogen and oxygen atoms in total. The highest BCUT2D eigenvalue weighted by Gasteiger charge is 2.23. The maximum Gasteiger partial charge on any atom is 0.160 e. The summed E-state index contributed by atoms with van der Waals surface area (Å²) in [5, 5.41) is 0. The molecule has 2 aromatic heterocycles. The molecule has 1 fully saturated rings. The van der Waals surface area contributed by atoms with Crippen molar-refractivity contribution >= 4 is 11.2 Å². The smallest absolute Gasteiger partial charge is 0.160 e. The van der Waals surface area contributed by atoms with Gasteiger partial charge in [-0.25, -0.2) is 9.97 Å². The van der Waals surface area contributed by atoms with Crippen LogP contribution in [-0.4, -0.2) is 41.5 Å². The van der Waals surface area contributed by atoms with Crippen molar-refractivity contribution in [1.82, 2.24) is 14.5 Å². The van der Waals surface area contributed by atoms with E-state index >= 15 is 0 Å². The van der Waals surface area contributed by atoms with Crippen molar-refractivity contribution in [3.63, 3.8) is 0 Å². The number of aromatic nitrogens is 3. The summed E-state index contributed by atoms with van der Waals surface area (Å²) < 4.78 is 12.9. The predicted molar refractivity (Wildman–Crippen MR) is 67.6 cm³/mol. The fraction of sp³-hybridized carbons (Fsp3) is 0.538. The van der Waals surface area contributed by atoms with Crippen molar-refractivity contribution in [3.05, 3.63) is 24.2 Å². The van der Waals surface area contributed by atoms with Crippen molar-refractivity contribution in [1.29, 1.82) is 0 Å². The fourth-order valence-electron chi connectivity index (χ4n) is 2.46. The number of nitrogens with zero attached hydrogens (tertiary/aromatic N) is 3. The predicted octanol–water partition coefficient (Wildman–Crippen LogP) is 1.58. The summed E-state index contributed by atoms with van der Waals surface area (Å²) in [6.45, 7) is 2.25. The van der Waals surface area contributed by atoms with Gasteiger partial charge in [0.2, 0.25) is 0 Å². The largest absolute Gasteiger partial charge is 0.384 e. The number of hydrogen-bond donors (Lipinski definition) is 0. The van der Waals surface area contributed by atoms with Crippen LogP contribution in [0.25, 0.3) is 11.2 Å². The number of methoxy groups -OCH3 is 1. The Hall–Kier alpha value is -1.46. The lowest BCUT2D eigenvalue weighted by Crippen LogP contribution is -2.14. The van der Waals surface area contributed by atoms with Gasteiger partial charge in [0, 0.05) is 26.3 Å². The molecular weight excluding hydrogens is 230 g/mol. The first-order valence-corrected chi connectivity index (χ1v) is 6.28. The van der Waals surface area contributed by atoms with Gasteiger partial charge in [-0.05, 0) is 18.6 Å². The molecule has 3 heterocycles. The van der Waals surface area contributed by atoms with Crippen molar-refractivity contribution in [3.8, 4) is 0 Å². The highest BCUT2D eigenvalue weighted by atomic mass is 16.5. The highest BCUT2D eigenvalue weighted by Crippen LogP contribution is 2.25. The maximum absolute atomic E-state index is 5.48. The van der Waals surface area contributed by atoms with Crippen LogP contribution in [0, 0.1) is 0 Å². The fourth-order valence-corrected chi connectivity index (χ4v) is 2.46. The molecule has 2 aromatic rings. The number of hydrogen-bond acceptors (Lipinski definition) is 4. The number of pyridine rings is 1. The Bertz CT molecular complexity index is 532. The molecule has 0 N–H and O–H groups in total. The minimum absolute atomic E-state index is 0.358. The van der Waals surface area contributed by atoms with E-state index in [9.17, 15) is 0 Å². The number of rotatable bonds is 4. The van der Waals surface area contributed by atoms with Gasteiger partial charge in [-0.3, -0.25) is 0 Å². The van der Waals surface area contributed by atoms with E-state index in [2.05, 4.69) is 14.5 Å². The van der Waals surface area contributed by atoms with Crippen LogP contribution in [-0.2, 0) is 15.9 Å². The molecule has 1 aliphatic heterocycles. The van der Waals surface area contributed by atoms with E-state index in [1.54, 1.807) is 7.11 Å². The normalized spacial score (nSPS) is 19.7. The number of fused-ring (bicyclic) bond motifs is 1. The average molecular weight is 247 g/mol. The first-order valence-electron chi connectivity index (χ1n) is 6.28. The number of imidazole rings is 1. The third kappa shape index (κ3) is 2.00. The van der Waals surface area contributed by atoms with E-state index in [4.69, 9.17) is 9.47 Å². The molecule has 1 saturated heterocycles. The zero-order chi connectivity index (χ0) is 12.4. The zero-order valence-corrected chi connectivity index (χ0v) is 10.5. The Morgan fingerprint density at radius 1 is 1.56 bits per heavy atom. The van der Waals surface area contributed by atoms with E-state index in [-0.39, 0.29) is 0 Å². The van der Waals surface area contributed by atoms with Gasteiger partial charge in [0.25, 0.3) is 0 Å². The minimum atomic E-state index is 0.358. The molecule has 1 atom stereocenters. The van der Waals surface area contributed by atoms with Crippen molar-refractivity contribution in [2.24, 2.45) is 0 Å². The van der Waals surface area contributed by atoms with E-state index in [1.165, 1.54) is 0 Å². The molecular formula is C13H17N3O2. The van der Waals surface area contributed by atoms with Crippen molar-refractivity contribution < 1.29 is 9.47 Å². The van der Waals surface area contributed by atoms with Crippen LogP contribution in [0.3, 0.4) is 0 Å². The van der Waals surface area contributed by atoms with Gasteiger partial charge in [0.1, 0.15) is 11.3 Å². The van der Waals surface area contributed by atoms with Crippen LogP contribution in [0.5, 0.6) is 0 Å². The molecule has 0 saturated carbocycles. The highest BCUT2D eigenvalue weighted by molar-refractivity contribution is 5.71. The second-order valence-corrected chi connectivity index (χ2v) is 4.50. The second-order valence-electron chi connectivity index (χ2n) is 4.50. The third-order valence-corrected chi connectivity index (χ3v) is 3.32. The van der Waals surface area contributed by atoms with E-state index in [0.717, 1.165) is 43.0 Å². The SMILES string of the molecule is COCCc1nc2cccnc2n1C1CCOC1. The van der Waals surface area contributed by atoms with Crippen LogP contribution < -0.4 is 0 Å². The Morgan fingerprint density at radius 3 is 3.28 bits per heavy atom. The first-order chi connectivity index (χ1) is 8.90. The van der Waals surface area contributed by atoms with Gasteiger partial charge in [-0.1, -0.05) is 0 Å². The summed E-state index contributed by atoms with van der Waals surface area (Å²) >= 11 is 0. The van der Waals surface area contributed by atoms with Gasteiger partial charge >= 0.3 is 0 Å². The summed E-state index contributed by atoms with van der Waals surface area (Å²) in [6, 6.07) is 4.28. The second kappa shape index (κ2) is 5.04. The van der Waals surface area contributed by atoms with E-state index in [0.29, 0.717) is 12.6 Å². The maximum atomic E-state index is 5.48. The quantitative estimate of drug-likeness (QED) is 0.823. The Labute approximate surface area is 106 Å². The standard InChI is InChI=1S/C13H17N3O2/c1-17-7-5-12-15-11-3-2-6-14-13(11)16(12)10-4-8-18-9-10/h2-3,6,10H,4-5,7-9H2,1H3. The van der Waals surface area contributed by atoms with Crippen molar-refractivity contribution in [2.45, 2.75) is 18.9 Å². The molecule has 18 heavy (non-hydrogen) atoms. The molecule has 0 spiro atoms.